The molecule has 0 spiro atoms. The highest BCUT2D eigenvalue weighted by Gasteiger charge is 2.18. The summed E-state index contributed by atoms with van der Waals surface area (Å²) in [6.45, 7) is 0. The Kier molecular flexibility index (Phi) is 6.53. The Balaban J connectivity index is 1.20. The number of furan rings is 1. The van der Waals surface area contributed by atoms with E-state index in [0.717, 1.165) is 39.0 Å². The zero-order valence-electron chi connectivity index (χ0n) is 27.3. The zero-order valence-corrected chi connectivity index (χ0v) is 27.3. The second-order valence-corrected chi connectivity index (χ2v) is 12.9. The van der Waals surface area contributed by atoms with Crippen molar-refractivity contribution in [2.75, 3.05) is 4.90 Å². The Labute approximate surface area is 290 Å². The molecule has 0 unspecified atom stereocenters. The highest BCUT2D eigenvalue weighted by Crippen LogP contribution is 2.43. The minimum atomic E-state index is 0.886. The first-order valence-electron chi connectivity index (χ1n) is 17.1. The monoisotopic (exact) mass is 637 g/mol. The lowest BCUT2D eigenvalue weighted by Crippen LogP contribution is -2.10. The van der Waals surface area contributed by atoms with Gasteiger partial charge in [-0.15, -0.1) is 0 Å². The lowest BCUT2D eigenvalue weighted by atomic mass is 9.94. The Morgan fingerprint density at radius 2 is 0.860 bits per heavy atom. The normalized spacial score (nSPS) is 11.6. The van der Waals surface area contributed by atoms with E-state index in [4.69, 9.17) is 4.42 Å². The molecule has 50 heavy (non-hydrogen) atoms. The van der Waals surface area contributed by atoms with Crippen molar-refractivity contribution in [2.45, 2.75) is 0 Å². The van der Waals surface area contributed by atoms with Gasteiger partial charge in [0.15, 0.2) is 0 Å². The third-order valence-electron chi connectivity index (χ3n) is 10.0. The molecule has 2 heteroatoms. The smallest absolute Gasteiger partial charge is 0.135 e. The lowest BCUT2D eigenvalue weighted by molar-refractivity contribution is 0.669. The van der Waals surface area contributed by atoms with Gasteiger partial charge in [0.2, 0.25) is 0 Å². The number of para-hydroxylation sites is 1. The summed E-state index contributed by atoms with van der Waals surface area (Å²) < 4.78 is 6.25. The number of benzene rings is 9. The number of hydrogen-bond donors (Lipinski definition) is 0. The minimum absolute atomic E-state index is 0.886. The third-order valence-corrected chi connectivity index (χ3v) is 10.0. The molecule has 0 N–H and O–H groups in total. The van der Waals surface area contributed by atoms with Gasteiger partial charge in [-0.05, 0) is 103 Å². The van der Waals surface area contributed by atoms with Crippen LogP contribution in [0.4, 0.5) is 17.1 Å². The average Bonchev–Trinajstić information content (AvgIpc) is 3.56. The van der Waals surface area contributed by atoms with Crippen molar-refractivity contribution < 1.29 is 4.42 Å². The summed E-state index contributed by atoms with van der Waals surface area (Å²) in [6.07, 6.45) is 0. The molecule has 9 aromatic carbocycles. The summed E-state index contributed by atoms with van der Waals surface area (Å²) in [5.41, 5.74) is 9.83. The minimum Gasteiger partial charge on any atom is -0.456 e. The lowest BCUT2D eigenvalue weighted by Gasteiger charge is -2.27. The van der Waals surface area contributed by atoms with E-state index in [-0.39, 0.29) is 0 Å². The summed E-state index contributed by atoms with van der Waals surface area (Å²) in [5.74, 6) is 0. The maximum atomic E-state index is 6.25. The fraction of sp³-hybridized carbons (Fsp3) is 0. The van der Waals surface area contributed by atoms with Crippen LogP contribution in [0.5, 0.6) is 0 Å². The van der Waals surface area contributed by atoms with Gasteiger partial charge >= 0.3 is 0 Å². The third kappa shape index (κ3) is 4.65. The summed E-state index contributed by atoms with van der Waals surface area (Å²) in [4.78, 5) is 2.38. The van der Waals surface area contributed by atoms with E-state index < -0.39 is 0 Å². The maximum absolute atomic E-state index is 6.25. The quantitative estimate of drug-likeness (QED) is 0.175. The van der Waals surface area contributed by atoms with Crippen LogP contribution in [-0.4, -0.2) is 0 Å². The number of hydrogen-bond acceptors (Lipinski definition) is 2. The standard InChI is InChI=1S/C48H31NO/c1-2-11-32(12-3-1)39-16-6-7-18-41(39)35-14-10-15-36(29-35)49(38-25-28-48-46(31-38)44-19-8-9-20-47(44)50-48)37-24-21-34-23-26-42-40-17-5-4-13-33(40)22-27-43(42)45(34)30-37/h1-31H. The van der Waals surface area contributed by atoms with Crippen LogP contribution in [0.2, 0.25) is 0 Å². The van der Waals surface area contributed by atoms with Crippen molar-refractivity contribution in [1.82, 2.24) is 0 Å². The highest BCUT2D eigenvalue weighted by molar-refractivity contribution is 6.18. The molecule has 10 rings (SSSR count). The summed E-state index contributed by atoms with van der Waals surface area (Å²) in [5, 5.41) is 9.73. The predicted molar refractivity (Wildman–Crippen MR) is 212 cm³/mol. The van der Waals surface area contributed by atoms with E-state index >= 15 is 0 Å². The molecule has 10 aromatic rings. The van der Waals surface area contributed by atoms with E-state index in [9.17, 15) is 0 Å². The molecular weight excluding hydrogens is 607 g/mol. The predicted octanol–water partition coefficient (Wildman–Crippen LogP) is 13.8. The van der Waals surface area contributed by atoms with Crippen molar-refractivity contribution >= 4 is 71.3 Å². The number of anilines is 3. The van der Waals surface area contributed by atoms with Crippen LogP contribution < -0.4 is 4.90 Å². The molecular formula is C48H31NO. The van der Waals surface area contributed by atoms with Crippen LogP contribution in [0.15, 0.2) is 192 Å². The van der Waals surface area contributed by atoms with Gasteiger partial charge < -0.3 is 9.32 Å². The van der Waals surface area contributed by atoms with Crippen molar-refractivity contribution in [3.05, 3.63) is 188 Å². The SMILES string of the molecule is c1ccc(-c2ccccc2-c2cccc(N(c3ccc4ccc5c6ccccc6ccc5c4c3)c3ccc4oc5ccccc5c4c3)c2)cc1. The van der Waals surface area contributed by atoms with Crippen molar-refractivity contribution in [1.29, 1.82) is 0 Å². The highest BCUT2D eigenvalue weighted by atomic mass is 16.3. The summed E-state index contributed by atoms with van der Waals surface area (Å²) in [6, 6.07) is 67.6. The van der Waals surface area contributed by atoms with Gasteiger partial charge in [0, 0.05) is 27.8 Å². The first-order valence-corrected chi connectivity index (χ1v) is 17.1. The molecule has 0 aliphatic carbocycles. The van der Waals surface area contributed by atoms with Gasteiger partial charge in [-0.3, -0.25) is 0 Å². The molecule has 0 aliphatic rings. The van der Waals surface area contributed by atoms with Gasteiger partial charge in [0.1, 0.15) is 11.2 Å². The molecule has 1 heterocycles. The largest absolute Gasteiger partial charge is 0.456 e. The Morgan fingerprint density at radius 3 is 1.70 bits per heavy atom. The molecule has 0 saturated heterocycles. The second-order valence-electron chi connectivity index (χ2n) is 12.9. The molecule has 0 aliphatic heterocycles. The van der Waals surface area contributed by atoms with E-state index in [0.29, 0.717) is 0 Å². The van der Waals surface area contributed by atoms with E-state index in [2.05, 4.69) is 181 Å². The first-order chi connectivity index (χ1) is 24.8. The van der Waals surface area contributed by atoms with Crippen LogP contribution in [0.3, 0.4) is 0 Å². The molecule has 0 atom stereocenters. The molecule has 0 fully saturated rings. The molecule has 1 aromatic heterocycles. The Bertz CT molecular complexity index is 2880. The van der Waals surface area contributed by atoms with Crippen molar-refractivity contribution in [3.8, 4) is 22.3 Å². The van der Waals surface area contributed by atoms with E-state index in [1.807, 2.05) is 12.1 Å². The van der Waals surface area contributed by atoms with Crippen LogP contribution in [-0.2, 0) is 0 Å². The fourth-order valence-corrected chi connectivity index (χ4v) is 7.66. The molecule has 0 saturated carbocycles. The molecule has 2 nitrogen and oxygen atoms in total. The summed E-state index contributed by atoms with van der Waals surface area (Å²) >= 11 is 0. The van der Waals surface area contributed by atoms with Crippen molar-refractivity contribution in [2.24, 2.45) is 0 Å². The van der Waals surface area contributed by atoms with Gasteiger partial charge in [-0.2, -0.15) is 0 Å². The van der Waals surface area contributed by atoms with Gasteiger partial charge in [-0.1, -0.05) is 140 Å². The van der Waals surface area contributed by atoms with Gasteiger partial charge in [-0.25, -0.2) is 0 Å². The number of nitrogens with zero attached hydrogens (tertiary/aromatic N) is 1. The van der Waals surface area contributed by atoms with Crippen LogP contribution in [0.25, 0.3) is 76.5 Å². The van der Waals surface area contributed by atoms with Gasteiger partial charge in [0.05, 0.1) is 0 Å². The van der Waals surface area contributed by atoms with Crippen molar-refractivity contribution in [3.63, 3.8) is 0 Å². The number of fused-ring (bicyclic) bond motifs is 8. The van der Waals surface area contributed by atoms with Crippen LogP contribution in [0.1, 0.15) is 0 Å². The first kappa shape index (κ1) is 28.4. The topological polar surface area (TPSA) is 16.4 Å². The Hall–Kier alpha value is -6.64. The Morgan fingerprint density at radius 1 is 0.300 bits per heavy atom. The maximum Gasteiger partial charge on any atom is 0.135 e. The zero-order chi connectivity index (χ0) is 33.0. The van der Waals surface area contributed by atoms with Gasteiger partial charge in [0.25, 0.3) is 0 Å². The molecule has 234 valence electrons. The molecule has 0 radical (unpaired) electrons. The second kappa shape index (κ2) is 11.5. The molecule has 0 bridgehead atoms. The van der Waals surface area contributed by atoms with E-state index in [1.54, 1.807) is 0 Å². The molecule has 0 amide bonds. The van der Waals surface area contributed by atoms with E-state index in [1.165, 1.54) is 54.6 Å². The average molecular weight is 638 g/mol. The summed E-state index contributed by atoms with van der Waals surface area (Å²) in [7, 11) is 0. The number of rotatable bonds is 5. The van der Waals surface area contributed by atoms with Crippen LogP contribution in [0, 0.1) is 0 Å². The van der Waals surface area contributed by atoms with Crippen LogP contribution >= 0.6 is 0 Å². The fourth-order valence-electron chi connectivity index (χ4n) is 7.66.